The first-order valence-corrected chi connectivity index (χ1v) is 13.6. The van der Waals surface area contributed by atoms with Gasteiger partial charge in [0, 0.05) is 12.2 Å². The predicted octanol–water partition coefficient (Wildman–Crippen LogP) is 6.70. The molecule has 0 saturated carbocycles. The average Bonchev–Trinajstić information content (AvgIpc) is 2.84. The SMILES string of the molecule is C=CCN(C(=O)C(NC(=O)OC(C)(C)C)C(C)C)C(C(=O)Nc1ccc2ccccc2c1)c1cc(C)cc(C)c1. The van der Waals surface area contributed by atoms with Crippen LogP contribution in [0, 0.1) is 19.8 Å². The Hall–Kier alpha value is -4.13. The van der Waals surface area contributed by atoms with Crippen LogP contribution in [0.5, 0.6) is 0 Å². The molecule has 2 N–H and O–H groups in total. The number of amides is 3. The van der Waals surface area contributed by atoms with Crippen LogP contribution in [-0.2, 0) is 14.3 Å². The molecule has 0 radical (unpaired) electrons. The molecular weight excluding hydrogens is 502 g/mol. The zero-order valence-corrected chi connectivity index (χ0v) is 24.6. The van der Waals surface area contributed by atoms with E-state index in [9.17, 15) is 14.4 Å². The molecule has 0 aliphatic heterocycles. The number of anilines is 1. The summed E-state index contributed by atoms with van der Waals surface area (Å²) in [5.74, 6) is -1.04. The van der Waals surface area contributed by atoms with Crippen molar-refractivity contribution in [2.24, 2.45) is 5.92 Å². The van der Waals surface area contributed by atoms with Crippen molar-refractivity contribution in [2.45, 2.75) is 66.2 Å². The number of carbonyl (C=O) groups is 3. The van der Waals surface area contributed by atoms with Crippen LogP contribution >= 0.6 is 0 Å². The second-order valence-electron chi connectivity index (χ2n) is 11.5. The maximum Gasteiger partial charge on any atom is 0.408 e. The van der Waals surface area contributed by atoms with E-state index in [1.54, 1.807) is 26.8 Å². The Bertz CT molecular complexity index is 1370. The van der Waals surface area contributed by atoms with E-state index in [0.29, 0.717) is 11.3 Å². The maximum absolute atomic E-state index is 14.1. The van der Waals surface area contributed by atoms with E-state index in [-0.39, 0.29) is 18.4 Å². The lowest BCUT2D eigenvalue weighted by Crippen LogP contribution is -2.54. The molecule has 212 valence electrons. The minimum Gasteiger partial charge on any atom is -0.444 e. The second-order valence-corrected chi connectivity index (χ2v) is 11.5. The number of aryl methyl sites for hydroxylation is 2. The Labute approximate surface area is 237 Å². The summed E-state index contributed by atoms with van der Waals surface area (Å²) < 4.78 is 5.43. The van der Waals surface area contributed by atoms with Crippen LogP contribution in [-0.4, -0.2) is 41.0 Å². The summed E-state index contributed by atoms with van der Waals surface area (Å²) in [6.45, 7) is 16.8. The molecule has 2 unspecified atom stereocenters. The molecule has 0 fully saturated rings. The lowest BCUT2D eigenvalue weighted by Gasteiger charge is -2.35. The van der Waals surface area contributed by atoms with Gasteiger partial charge < -0.3 is 20.3 Å². The normalized spacial score (nSPS) is 12.9. The van der Waals surface area contributed by atoms with E-state index in [0.717, 1.165) is 21.9 Å². The van der Waals surface area contributed by atoms with Crippen LogP contribution in [0.25, 0.3) is 10.8 Å². The van der Waals surface area contributed by atoms with Crippen molar-refractivity contribution in [2.75, 3.05) is 11.9 Å². The Balaban J connectivity index is 2.04. The zero-order chi connectivity index (χ0) is 29.6. The molecule has 0 aliphatic rings. The number of hydrogen-bond acceptors (Lipinski definition) is 4. The number of nitrogens with zero attached hydrogens (tertiary/aromatic N) is 1. The second kappa shape index (κ2) is 12.8. The lowest BCUT2D eigenvalue weighted by atomic mass is 9.96. The molecule has 7 nitrogen and oxygen atoms in total. The molecule has 0 aromatic heterocycles. The van der Waals surface area contributed by atoms with E-state index in [1.165, 1.54) is 4.90 Å². The average molecular weight is 544 g/mol. The van der Waals surface area contributed by atoms with Crippen LogP contribution in [0.1, 0.15) is 57.4 Å². The summed E-state index contributed by atoms with van der Waals surface area (Å²) in [6, 6.07) is 17.5. The quantitative estimate of drug-likeness (QED) is 0.294. The van der Waals surface area contributed by atoms with E-state index in [4.69, 9.17) is 4.74 Å². The molecule has 3 rings (SSSR count). The summed E-state index contributed by atoms with van der Waals surface area (Å²) in [6.07, 6.45) is 0.892. The molecule has 40 heavy (non-hydrogen) atoms. The van der Waals surface area contributed by atoms with Gasteiger partial charge in [-0.3, -0.25) is 9.59 Å². The van der Waals surface area contributed by atoms with E-state index in [2.05, 4.69) is 17.2 Å². The number of ether oxygens (including phenoxy) is 1. The highest BCUT2D eigenvalue weighted by Crippen LogP contribution is 2.28. The number of alkyl carbamates (subject to hydrolysis) is 1. The van der Waals surface area contributed by atoms with Gasteiger partial charge >= 0.3 is 6.09 Å². The zero-order valence-electron chi connectivity index (χ0n) is 24.6. The molecule has 0 bridgehead atoms. The first kappa shape index (κ1) is 30.4. The van der Waals surface area contributed by atoms with Crippen LogP contribution in [0.2, 0.25) is 0 Å². The van der Waals surface area contributed by atoms with Crippen molar-refractivity contribution in [3.63, 3.8) is 0 Å². The fraction of sp³-hybridized carbons (Fsp3) is 0.364. The van der Waals surface area contributed by atoms with Crippen LogP contribution in [0.15, 0.2) is 73.3 Å². The fourth-order valence-electron chi connectivity index (χ4n) is 4.71. The molecule has 3 aromatic rings. The standard InChI is InChI=1S/C33H41N3O4/c1-9-16-36(31(38)28(21(2)3)35-32(39)40-33(6,7)8)29(26-18-22(4)17-23(5)19-26)30(37)34-27-15-14-24-12-10-11-13-25(24)20-27/h9-15,17-21,28-29H,1,16H2,2-8H3,(H,34,37)(H,35,39). The number of benzene rings is 3. The molecule has 3 aromatic carbocycles. The third-order valence-electron chi connectivity index (χ3n) is 6.35. The molecule has 0 heterocycles. The Kier molecular flexibility index (Phi) is 9.74. The van der Waals surface area contributed by atoms with Crippen molar-refractivity contribution in [1.82, 2.24) is 10.2 Å². The minimum absolute atomic E-state index is 0.0981. The third kappa shape index (κ3) is 7.94. The first-order chi connectivity index (χ1) is 18.8. The number of rotatable bonds is 9. The van der Waals surface area contributed by atoms with Gasteiger partial charge in [-0.1, -0.05) is 79.6 Å². The molecular formula is C33H41N3O4. The molecule has 3 amide bonds. The predicted molar refractivity (Wildman–Crippen MR) is 161 cm³/mol. The lowest BCUT2D eigenvalue weighted by molar-refractivity contribution is -0.141. The first-order valence-electron chi connectivity index (χ1n) is 13.6. The largest absolute Gasteiger partial charge is 0.444 e. The number of nitrogens with one attached hydrogen (secondary N) is 2. The highest BCUT2D eigenvalue weighted by atomic mass is 16.6. The number of hydrogen-bond donors (Lipinski definition) is 2. The minimum atomic E-state index is -0.975. The van der Waals surface area contributed by atoms with Crippen molar-refractivity contribution in [3.05, 3.63) is 90.0 Å². The van der Waals surface area contributed by atoms with Crippen molar-refractivity contribution in [1.29, 1.82) is 0 Å². The number of fused-ring (bicyclic) bond motifs is 1. The van der Waals surface area contributed by atoms with Gasteiger partial charge in [-0.05, 0) is 69.0 Å². The summed E-state index contributed by atoms with van der Waals surface area (Å²) in [7, 11) is 0. The highest BCUT2D eigenvalue weighted by molar-refractivity contribution is 6.00. The van der Waals surface area contributed by atoms with Gasteiger partial charge in [-0.25, -0.2) is 4.79 Å². The monoisotopic (exact) mass is 543 g/mol. The van der Waals surface area contributed by atoms with Gasteiger partial charge in [-0.15, -0.1) is 6.58 Å². The van der Waals surface area contributed by atoms with Gasteiger partial charge in [0.1, 0.15) is 17.7 Å². The van der Waals surface area contributed by atoms with Crippen molar-refractivity contribution >= 4 is 34.4 Å². The molecule has 7 heteroatoms. The van der Waals surface area contributed by atoms with Crippen LogP contribution < -0.4 is 10.6 Å². The van der Waals surface area contributed by atoms with Crippen molar-refractivity contribution < 1.29 is 19.1 Å². The molecule has 0 spiro atoms. The number of carbonyl (C=O) groups excluding carboxylic acids is 3. The Morgan fingerprint density at radius 3 is 2.15 bits per heavy atom. The molecule has 2 atom stereocenters. The van der Waals surface area contributed by atoms with Crippen LogP contribution in [0.3, 0.4) is 0 Å². The van der Waals surface area contributed by atoms with Gasteiger partial charge in [0.15, 0.2) is 0 Å². The van der Waals surface area contributed by atoms with Crippen molar-refractivity contribution in [3.8, 4) is 0 Å². The van der Waals surface area contributed by atoms with Gasteiger partial charge in [0.25, 0.3) is 5.91 Å². The van der Waals surface area contributed by atoms with Gasteiger partial charge in [0.2, 0.25) is 5.91 Å². The van der Waals surface area contributed by atoms with E-state index >= 15 is 0 Å². The third-order valence-corrected chi connectivity index (χ3v) is 6.35. The summed E-state index contributed by atoms with van der Waals surface area (Å²) in [5, 5.41) is 7.81. The van der Waals surface area contributed by atoms with E-state index < -0.39 is 29.7 Å². The summed E-state index contributed by atoms with van der Waals surface area (Å²) in [4.78, 5) is 42.3. The highest BCUT2D eigenvalue weighted by Gasteiger charge is 2.37. The summed E-state index contributed by atoms with van der Waals surface area (Å²) >= 11 is 0. The Morgan fingerprint density at radius 1 is 0.950 bits per heavy atom. The van der Waals surface area contributed by atoms with Crippen LogP contribution in [0.4, 0.5) is 10.5 Å². The van der Waals surface area contributed by atoms with Gasteiger partial charge in [-0.2, -0.15) is 0 Å². The van der Waals surface area contributed by atoms with E-state index in [1.807, 2.05) is 88.4 Å². The fourth-order valence-corrected chi connectivity index (χ4v) is 4.71. The van der Waals surface area contributed by atoms with Gasteiger partial charge in [0.05, 0.1) is 0 Å². The molecule has 0 aliphatic carbocycles. The Morgan fingerprint density at radius 2 is 1.57 bits per heavy atom. The smallest absolute Gasteiger partial charge is 0.408 e. The topological polar surface area (TPSA) is 87.7 Å². The summed E-state index contributed by atoms with van der Waals surface area (Å²) in [5.41, 5.74) is 2.51. The maximum atomic E-state index is 14.1. The molecule has 0 saturated heterocycles.